The number of ketones is 1. The Labute approximate surface area is 177 Å². The highest BCUT2D eigenvalue weighted by Crippen LogP contribution is 2.40. The number of amides is 1. The fourth-order valence-electron chi connectivity index (χ4n) is 3.75. The van der Waals surface area contributed by atoms with E-state index in [1.807, 2.05) is 50.2 Å². The quantitative estimate of drug-likeness (QED) is 0.432. The first-order valence-electron chi connectivity index (χ1n) is 9.98. The fourth-order valence-corrected chi connectivity index (χ4v) is 3.75. The van der Waals surface area contributed by atoms with E-state index in [1.165, 1.54) is 7.11 Å². The summed E-state index contributed by atoms with van der Waals surface area (Å²) in [6.45, 7) is 3.19. The molecule has 1 aliphatic heterocycles. The lowest BCUT2D eigenvalue weighted by Gasteiger charge is -2.26. The van der Waals surface area contributed by atoms with Crippen molar-refractivity contribution in [3.63, 3.8) is 0 Å². The van der Waals surface area contributed by atoms with Crippen LogP contribution in [-0.2, 0) is 9.59 Å². The van der Waals surface area contributed by atoms with Crippen molar-refractivity contribution >= 4 is 17.4 Å². The molecule has 0 bridgehead atoms. The van der Waals surface area contributed by atoms with Crippen LogP contribution in [0, 0.1) is 6.92 Å². The molecule has 30 heavy (non-hydrogen) atoms. The summed E-state index contributed by atoms with van der Waals surface area (Å²) < 4.78 is 5.35. The molecular formula is C24H28N2O4. The van der Waals surface area contributed by atoms with Gasteiger partial charge in [-0.05, 0) is 51.7 Å². The highest BCUT2D eigenvalue weighted by Gasteiger charge is 2.46. The van der Waals surface area contributed by atoms with Gasteiger partial charge in [-0.3, -0.25) is 9.59 Å². The zero-order valence-electron chi connectivity index (χ0n) is 17.9. The molecule has 2 aromatic rings. The van der Waals surface area contributed by atoms with E-state index < -0.39 is 17.7 Å². The second-order valence-electron chi connectivity index (χ2n) is 7.76. The second kappa shape index (κ2) is 9.13. The first kappa shape index (κ1) is 21.6. The summed E-state index contributed by atoms with van der Waals surface area (Å²) in [7, 11) is 5.43. The molecule has 1 fully saturated rings. The number of hydrogen-bond donors (Lipinski definition) is 1. The summed E-state index contributed by atoms with van der Waals surface area (Å²) in [4.78, 5) is 29.5. The van der Waals surface area contributed by atoms with Crippen LogP contribution < -0.4 is 4.74 Å². The number of carbonyl (C=O) groups is 2. The number of nitrogens with zero attached hydrogens (tertiary/aromatic N) is 2. The lowest BCUT2D eigenvalue weighted by molar-refractivity contribution is -0.139. The molecule has 1 atom stereocenters. The lowest BCUT2D eigenvalue weighted by Crippen LogP contribution is -2.32. The molecule has 0 saturated carbocycles. The maximum absolute atomic E-state index is 13.0. The Morgan fingerprint density at radius 3 is 2.40 bits per heavy atom. The van der Waals surface area contributed by atoms with Crippen LogP contribution in [0.5, 0.6) is 5.75 Å². The van der Waals surface area contributed by atoms with Gasteiger partial charge in [0.25, 0.3) is 11.7 Å². The Bertz CT molecular complexity index is 963. The molecule has 0 spiro atoms. The Morgan fingerprint density at radius 1 is 1.10 bits per heavy atom. The zero-order valence-corrected chi connectivity index (χ0v) is 17.9. The minimum absolute atomic E-state index is 0.0956. The minimum Gasteiger partial charge on any atom is -0.507 e. The number of benzene rings is 2. The van der Waals surface area contributed by atoms with Gasteiger partial charge in [-0.2, -0.15) is 0 Å². The van der Waals surface area contributed by atoms with E-state index in [4.69, 9.17) is 4.74 Å². The predicted molar refractivity (Wildman–Crippen MR) is 116 cm³/mol. The Morgan fingerprint density at radius 2 is 1.77 bits per heavy atom. The molecule has 1 aliphatic rings. The van der Waals surface area contributed by atoms with Crippen LogP contribution >= 0.6 is 0 Å². The summed E-state index contributed by atoms with van der Waals surface area (Å²) in [5, 5.41) is 11.1. The number of hydrogen-bond acceptors (Lipinski definition) is 5. The number of methoxy groups -OCH3 is 1. The van der Waals surface area contributed by atoms with E-state index in [2.05, 4.69) is 0 Å². The number of aryl methyl sites for hydroxylation is 1. The molecular weight excluding hydrogens is 380 g/mol. The molecule has 1 heterocycles. The van der Waals surface area contributed by atoms with Crippen molar-refractivity contribution in [2.45, 2.75) is 19.4 Å². The van der Waals surface area contributed by atoms with Gasteiger partial charge in [-0.25, -0.2) is 0 Å². The van der Waals surface area contributed by atoms with Gasteiger partial charge in [0.05, 0.1) is 24.3 Å². The van der Waals surface area contributed by atoms with Crippen LogP contribution in [0.1, 0.15) is 29.2 Å². The van der Waals surface area contributed by atoms with Gasteiger partial charge >= 0.3 is 0 Å². The van der Waals surface area contributed by atoms with E-state index in [0.717, 1.165) is 24.1 Å². The fraction of sp³-hybridized carbons (Fsp3) is 0.333. The van der Waals surface area contributed by atoms with Crippen molar-refractivity contribution in [2.24, 2.45) is 0 Å². The topological polar surface area (TPSA) is 70.1 Å². The summed E-state index contributed by atoms with van der Waals surface area (Å²) in [5.74, 6) is -1.03. The van der Waals surface area contributed by atoms with Crippen molar-refractivity contribution < 1.29 is 19.4 Å². The smallest absolute Gasteiger partial charge is 0.295 e. The Kier molecular flexibility index (Phi) is 6.57. The van der Waals surface area contributed by atoms with Crippen molar-refractivity contribution in [2.75, 3.05) is 34.3 Å². The largest absolute Gasteiger partial charge is 0.507 e. The third kappa shape index (κ3) is 4.24. The van der Waals surface area contributed by atoms with Gasteiger partial charge in [-0.15, -0.1) is 0 Å². The van der Waals surface area contributed by atoms with Gasteiger partial charge in [0.15, 0.2) is 0 Å². The van der Waals surface area contributed by atoms with E-state index >= 15 is 0 Å². The average molecular weight is 408 g/mol. The van der Waals surface area contributed by atoms with Crippen molar-refractivity contribution in [1.82, 2.24) is 9.80 Å². The number of ether oxygens (including phenoxy) is 1. The highest BCUT2D eigenvalue weighted by molar-refractivity contribution is 6.46. The van der Waals surface area contributed by atoms with Gasteiger partial charge in [0.1, 0.15) is 11.5 Å². The third-order valence-corrected chi connectivity index (χ3v) is 5.30. The Hall–Kier alpha value is -3.12. The van der Waals surface area contributed by atoms with E-state index in [1.54, 1.807) is 29.2 Å². The normalized spacial score (nSPS) is 18.3. The van der Waals surface area contributed by atoms with Gasteiger partial charge in [-0.1, -0.05) is 42.0 Å². The van der Waals surface area contributed by atoms with Crippen molar-refractivity contribution in [3.05, 3.63) is 70.8 Å². The van der Waals surface area contributed by atoms with Crippen LogP contribution in [0.2, 0.25) is 0 Å². The van der Waals surface area contributed by atoms with Crippen LogP contribution in [0.25, 0.3) is 5.76 Å². The molecule has 0 radical (unpaired) electrons. The van der Waals surface area contributed by atoms with E-state index in [9.17, 15) is 14.7 Å². The molecule has 0 aliphatic carbocycles. The number of rotatable bonds is 7. The van der Waals surface area contributed by atoms with Gasteiger partial charge < -0.3 is 19.6 Å². The SMILES string of the molecule is COc1ccccc1/C(O)=C1\C(=O)C(=O)N(CCCN(C)C)C1c1ccc(C)cc1. The van der Waals surface area contributed by atoms with Crippen LogP contribution in [0.3, 0.4) is 0 Å². The standard InChI is InChI=1S/C24H28N2O4/c1-16-10-12-17(13-11-16)21-20(22(27)18-8-5-6-9-19(18)30-4)23(28)24(29)26(21)15-7-14-25(2)3/h5-6,8-13,21,27H,7,14-15H2,1-4H3/b22-20+. The molecule has 1 unspecified atom stereocenters. The summed E-state index contributed by atoms with van der Waals surface area (Å²) in [6, 6.07) is 14.0. The molecule has 6 nitrogen and oxygen atoms in total. The van der Waals surface area contributed by atoms with Gasteiger partial charge in [0.2, 0.25) is 0 Å². The number of para-hydroxylation sites is 1. The minimum atomic E-state index is -0.672. The third-order valence-electron chi connectivity index (χ3n) is 5.30. The van der Waals surface area contributed by atoms with Crippen LogP contribution in [0.15, 0.2) is 54.1 Å². The monoisotopic (exact) mass is 408 g/mol. The highest BCUT2D eigenvalue weighted by atomic mass is 16.5. The number of Topliss-reactive ketones (excluding diaryl/α,β-unsaturated/α-hetero) is 1. The average Bonchev–Trinajstić information content (AvgIpc) is 2.98. The summed E-state index contributed by atoms with van der Waals surface area (Å²) >= 11 is 0. The molecule has 0 aromatic heterocycles. The number of carbonyl (C=O) groups excluding carboxylic acids is 2. The Balaban J connectivity index is 2.12. The molecule has 1 N–H and O–H groups in total. The summed E-state index contributed by atoms with van der Waals surface area (Å²) in [5.41, 5.74) is 2.36. The zero-order chi connectivity index (χ0) is 21.8. The molecule has 1 amide bonds. The molecule has 158 valence electrons. The van der Waals surface area contributed by atoms with Crippen molar-refractivity contribution in [1.29, 1.82) is 0 Å². The molecule has 6 heteroatoms. The van der Waals surface area contributed by atoms with Gasteiger partial charge in [0, 0.05) is 6.54 Å². The number of likely N-dealkylation sites (tertiary alicyclic amines) is 1. The molecule has 2 aromatic carbocycles. The first-order valence-corrected chi connectivity index (χ1v) is 9.98. The van der Waals surface area contributed by atoms with Crippen LogP contribution in [-0.4, -0.2) is 60.9 Å². The molecule has 3 rings (SSSR count). The maximum Gasteiger partial charge on any atom is 0.295 e. The van der Waals surface area contributed by atoms with Crippen LogP contribution in [0.4, 0.5) is 0 Å². The predicted octanol–water partition coefficient (Wildman–Crippen LogP) is 3.38. The second-order valence-corrected chi connectivity index (χ2v) is 7.76. The lowest BCUT2D eigenvalue weighted by atomic mass is 9.94. The molecule has 1 saturated heterocycles. The van der Waals surface area contributed by atoms with Crippen molar-refractivity contribution in [3.8, 4) is 5.75 Å². The number of aliphatic hydroxyl groups excluding tert-OH is 1. The van der Waals surface area contributed by atoms with E-state index in [0.29, 0.717) is 17.9 Å². The maximum atomic E-state index is 13.0. The van der Waals surface area contributed by atoms with E-state index in [-0.39, 0.29) is 11.3 Å². The first-order chi connectivity index (χ1) is 14.3. The summed E-state index contributed by atoms with van der Waals surface area (Å²) in [6.07, 6.45) is 0.719. The number of aliphatic hydroxyl groups is 1.